The molecule has 0 saturated carbocycles. The molecule has 0 fully saturated rings. The Morgan fingerprint density at radius 3 is 2.27 bits per heavy atom. The minimum Gasteiger partial charge on any atom is -0.392 e. The molecule has 0 aromatic heterocycles. The lowest BCUT2D eigenvalue weighted by Crippen LogP contribution is -2.49. The molecule has 0 aliphatic carbocycles. The fourth-order valence-electron chi connectivity index (χ4n) is 1.33. The molecule has 3 N–H and O–H groups in total. The first-order chi connectivity index (χ1) is 7.06. The minimum absolute atomic E-state index is 0.0914. The highest BCUT2D eigenvalue weighted by atomic mass is 32.1. The molecule has 88 valence electrons. The van der Waals surface area contributed by atoms with Gasteiger partial charge in [0.05, 0.1) is 11.0 Å². The smallest absolute Gasteiger partial charge is 0.317 e. The predicted octanol–water partition coefficient (Wildman–Crippen LogP) is 1.49. The maximum absolute atomic E-state index is 11.7. The van der Waals surface area contributed by atoms with Gasteiger partial charge in [0, 0.05) is 13.1 Å². The Bertz CT molecular complexity index is 217. The Labute approximate surface area is 97.2 Å². The highest BCUT2D eigenvalue weighted by Crippen LogP contribution is 1.99. The molecular formula is C10H21N3OS. The normalized spacial score (nSPS) is 11.9. The zero-order valence-electron chi connectivity index (χ0n) is 9.75. The molecule has 1 unspecified atom stereocenters. The second kappa shape index (κ2) is 7.45. The molecule has 0 radical (unpaired) electrons. The molecule has 0 rings (SSSR count). The van der Waals surface area contributed by atoms with Gasteiger partial charge in [0.25, 0.3) is 0 Å². The number of amides is 2. The first-order valence-corrected chi connectivity index (χ1v) is 5.82. The molecule has 0 bridgehead atoms. The zero-order chi connectivity index (χ0) is 11.8. The molecule has 0 saturated heterocycles. The van der Waals surface area contributed by atoms with Gasteiger partial charge in [-0.15, -0.1) is 0 Å². The van der Waals surface area contributed by atoms with Crippen molar-refractivity contribution in [3.05, 3.63) is 0 Å². The topological polar surface area (TPSA) is 58.4 Å². The summed E-state index contributed by atoms with van der Waals surface area (Å²) in [5, 5.41) is 2.84. The third kappa shape index (κ3) is 4.97. The molecule has 15 heavy (non-hydrogen) atoms. The highest BCUT2D eigenvalue weighted by molar-refractivity contribution is 7.80. The van der Waals surface area contributed by atoms with Gasteiger partial charge in [-0.1, -0.05) is 25.6 Å². The van der Waals surface area contributed by atoms with Crippen LogP contribution in [-0.4, -0.2) is 35.1 Å². The Morgan fingerprint density at radius 1 is 1.40 bits per heavy atom. The quantitative estimate of drug-likeness (QED) is 0.681. The fraction of sp³-hybridized carbons (Fsp3) is 0.800. The zero-order valence-corrected chi connectivity index (χ0v) is 10.6. The van der Waals surface area contributed by atoms with Gasteiger partial charge in [0.1, 0.15) is 0 Å². The average Bonchev–Trinajstić information content (AvgIpc) is 2.18. The fourth-order valence-corrected chi connectivity index (χ4v) is 1.50. The molecule has 0 aliphatic rings. The van der Waals surface area contributed by atoms with Crippen LogP contribution in [0.1, 0.15) is 33.6 Å². The van der Waals surface area contributed by atoms with Gasteiger partial charge in [-0.25, -0.2) is 4.79 Å². The van der Waals surface area contributed by atoms with Gasteiger partial charge < -0.3 is 16.0 Å². The van der Waals surface area contributed by atoms with Crippen LogP contribution >= 0.6 is 12.2 Å². The van der Waals surface area contributed by atoms with Crippen LogP contribution in [0.2, 0.25) is 0 Å². The van der Waals surface area contributed by atoms with Crippen molar-refractivity contribution >= 4 is 23.2 Å². The molecule has 2 amide bonds. The lowest BCUT2D eigenvalue weighted by Gasteiger charge is -2.23. The Balaban J connectivity index is 4.27. The number of hydrogen-bond acceptors (Lipinski definition) is 2. The SMILES string of the molecule is CCCC(NC(=O)N(CC)CC)C(N)=S. The van der Waals surface area contributed by atoms with Crippen molar-refractivity contribution in [1.82, 2.24) is 10.2 Å². The van der Waals surface area contributed by atoms with Crippen LogP contribution in [0, 0.1) is 0 Å². The number of carbonyl (C=O) groups excluding carboxylic acids is 1. The van der Waals surface area contributed by atoms with Crippen molar-refractivity contribution in [2.24, 2.45) is 5.73 Å². The molecule has 0 aliphatic heterocycles. The molecule has 0 aromatic carbocycles. The van der Waals surface area contributed by atoms with E-state index in [1.54, 1.807) is 4.90 Å². The molecule has 1 atom stereocenters. The van der Waals surface area contributed by atoms with Crippen LogP contribution in [0.5, 0.6) is 0 Å². The van der Waals surface area contributed by atoms with Gasteiger partial charge in [-0.05, 0) is 20.3 Å². The largest absolute Gasteiger partial charge is 0.392 e. The Hall–Kier alpha value is -0.840. The van der Waals surface area contributed by atoms with Crippen LogP contribution < -0.4 is 11.1 Å². The van der Waals surface area contributed by atoms with Crippen LogP contribution in [-0.2, 0) is 0 Å². The Kier molecular flexibility index (Phi) is 7.03. The van der Waals surface area contributed by atoms with E-state index in [0.29, 0.717) is 18.1 Å². The maximum atomic E-state index is 11.7. The van der Waals surface area contributed by atoms with E-state index in [9.17, 15) is 4.79 Å². The van der Waals surface area contributed by atoms with Crippen LogP contribution in [0.15, 0.2) is 0 Å². The first-order valence-electron chi connectivity index (χ1n) is 5.41. The summed E-state index contributed by atoms with van der Waals surface area (Å²) < 4.78 is 0. The third-order valence-electron chi connectivity index (χ3n) is 2.27. The highest BCUT2D eigenvalue weighted by Gasteiger charge is 2.16. The van der Waals surface area contributed by atoms with Gasteiger partial charge in [-0.3, -0.25) is 0 Å². The average molecular weight is 231 g/mol. The second-order valence-electron chi connectivity index (χ2n) is 3.37. The molecule has 0 aromatic rings. The van der Waals surface area contributed by atoms with Gasteiger partial charge in [-0.2, -0.15) is 0 Å². The number of hydrogen-bond donors (Lipinski definition) is 2. The van der Waals surface area contributed by atoms with Gasteiger partial charge in [0.2, 0.25) is 0 Å². The van der Waals surface area contributed by atoms with E-state index in [1.807, 2.05) is 20.8 Å². The van der Waals surface area contributed by atoms with Crippen LogP contribution in [0.25, 0.3) is 0 Å². The van der Waals surface area contributed by atoms with E-state index in [1.165, 1.54) is 0 Å². The number of nitrogens with two attached hydrogens (primary N) is 1. The van der Waals surface area contributed by atoms with E-state index >= 15 is 0 Å². The Morgan fingerprint density at radius 2 is 1.93 bits per heavy atom. The summed E-state index contributed by atoms with van der Waals surface area (Å²) in [5.74, 6) is 0. The standard InChI is InChI=1S/C10H21N3OS/c1-4-7-8(9(11)15)12-10(14)13(5-2)6-3/h8H,4-7H2,1-3H3,(H2,11,15)(H,12,14). The number of nitrogens with one attached hydrogen (secondary N) is 1. The second-order valence-corrected chi connectivity index (χ2v) is 3.84. The van der Waals surface area contributed by atoms with E-state index in [-0.39, 0.29) is 12.1 Å². The summed E-state index contributed by atoms with van der Waals surface area (Å²) >= 11 is 4.90. The molecular weight excluding hydrogens is 210 g/mol. The van der Waals surface area contributed by atoms with Crippen molar-refractivity contribution in [3.8, 4) is 0 Å². The van der Waals surface area contributed by atoms with Crippen molar-refractivity contribution < 1.29 is 4.79 Å². The molecule has 0 heterocycles. The maximum Gasteiger partial charge on any atom is 0.317 e. The molecule has 0 spiro atoms. The van der Waals surface area contributed by atoms with Crippen molar-refractivity contribution in [2.45, 2.75) is 39.7 Å². The molecule has 5 heteroatoms. The lowest BCUT2D eigenvalue weighted by molar-refractivity contribution is 0.201. The van der Waals surface area contributed by atoms with E-state index in [0.717, 1.165) is 12.8 Å². The minimum atomic E-state index is -0.182. The van der Waals surface area contributed by atoms with Crippen LogP contribution in [0.4, 0.5) is 4.79 Å². The van der Waals surface area contributed by atoms with Crippen molar-refractivity contribution in [2.75, 3.05) is 13.1 Å². The van der Waals surface area contributed by atoms with E-state index < -0.39 is 0 Å². The monoisotopic (exact) mass is 231 g/mol. The van der Waals surface area contributed by atoms with E-state index in [2.05, 4.69) is 5.32 Å². The summed E-state index contributed by atoms with van der Waals surface area (Å²) in [6.45, 7) is 7.31. The van der Waals surface area contributed by atoms with Crippen molar-refractivity contribution in [1.29, 1.82) is 0 Å². The number of urea groups is 1. The van der Waals surface area contributed by atoms with E-state index in [4.69, 9.17) is 18.0 Å². The summed E-state index contributed by atoms with van der Waals surface area (Å²) in [4.78, 5) is 13.8. The number of nitrogens with zero attached hydrogens (tertiary/aromatic N) is 1. The number of thiocarbonyl (C=S) groups is 1. The van der Waals surface area contributed by atoms with Gasteiger partial charge >= 0.3 is 6.03 Å². The molecule has 4 nitrogen and oxygen atoms in total. The van der Waals surface area contributed by atoms with Gasteiger partial charge in [0.15, 0.2) is 0 Å². The predicted molar refractivity (Wildman–Crippen MR) is 66.9 cm³/mol. The summed E-state index contributed by atoms with van der Waals surface area (Å²) in [6.07, 6.45) is 1.74. The van der Waals surface area contributed by atoms with Crippen LogP contribution in [0.3, 0.4) is 0 Å². The number of rotatable bonds is 6. The summed E-state index contributed by atoms with van der Waals surface area (Å²) in [7, 11) is 0. The first kappa shape index (κ1) is 14.2. The lowest BCUT2D eigenvalue weighted by atomic mass is 10.2. The summed E-state index contributed by atoms with van der Waals surface area (Å²) in [6, 6.07) is -0.274. The number of carbonyl (C=O) groups is 1. The summed E-state index contributed by atoms with van der Waals surface area (Å²) in [5.41, 5.74) is 5.55. The van der Waals surface area contributed by atoms with Crippen molar-refractivity contribution in [3.63, 3.8) is 0 Å². The third-order valence-corrected chi connectivity index (χ3v) is 2.55.